The number of nitrogens with one attached hydrogen (secondary N) is 1. The fraction of sp³-hybridized carbons (Fsp3) is 0.308. The summed E-state index contributed by atoms with van der Waals surface area (Å²) in [5, 5.41) is 3.32. The number of anilines is 1. The fourth-order valence-corrected chi connectivity index (χ4v) is 2.74. The second-order valence-electron chi connectivity index (χ2n) is 4.37. The van der Waals surface area contributed by atoms with Gasteiger partial charge in [0.1, 0.15) is 5.75 Å². The molecule has 0 spiro atoms. The average molecular weight is 308 g/mol. The molecule has 0 aliphatic carbocycles. The summed E-state index contributed by atoms with van der Waals surface area (Å²) in [6.45, 7) is 1.49. The van der Waals surface area contributed by atoms with E-state index in [9.17, 15) is 0 Å². The summed E-state index contributed by atoms with van der Waals surface area (Å²) < 4.78 is 8.75. The Morgan fingerprint density at radius 2 is 2.39 bits per heavy atom. The maximum Gasteiger partial charge on any atom is 0.202 e. The van der Waals surface area contributed by atoms with Crippen LogP contribution in [0.1, 0.15) is 11.1 Å². The minimum Gasteiger partial charge on any atom is -0.493 e. The molecule has 0 radical (unpaired) electrons. The molecule has 0 atom stereocenters. The van der Waals surface area contributed by atoms with E-state index in [1.165, 1.54) is 11.1 Å². The quantitative estimate of drug-likeness (QED) is 0.947. The number of halogens is 1. The van der Waals surface area contributed by atoms with Gasteiger partial charge in [-0.25, -0.2) is 4.98 Å². The fourth-order valence-electron chi connectivity index (χ4n) is 2.19. The first-order valence-corrected chi connectivity index (χ1v) is 6.68. The number of imidazole rings is 1. The van der Waals surface area contributed by atoms with Gasteiger partial charge in [-0.2, -0.15) is 0 Å². The predicted octanol–water partition coefficient (Wildman–Crippen LogP) is 2.73. The summed E-state index contributed by atoms with van der Waals surface area (Å²) in [5.41, 5.74) is 2.45. The van der Waals surface area contributed by atoms with Gasteiger partial charge in [-0.05, 0) is 17.7 Å². The summed E-state index contributed by atoms with van der Waals surface area (Å²) in [7, 11) is 1.97. The van der Waals surface area contributed by atoms with Crippen LogP contribution in [0.2, 0.25) is 0 Å². The van der Waals surface area contributed by atoms with Gasteiger partial charge in [0.05, 0.1) is 6.61 Å². The second kappa shape index (κ2) is 4.65. The molecule has 1 aromatic heterocycles. The van der Waals surface area contributed by atoms with Crippen molar-refractivity contribution in [2.45, 2.75) is 13.0 Å². The zero-order valence-corrected chi connectivity index (χ0v) is 11.7. The van der Waals surface area contributed by atoms with E-state index in [1.807, 2.05) is 17.8 Å². The van der Waals surface area contributed by atoms with E-state index in [2.05, 4.69) is 38.4 Å². The van der Waals surface area contributed by atoms with Crippen LogP contribution < -0.4 is 10.1 Å². The monoisotopic (exact) mass is 307 g/mol. The average Bonchev–Trinajstić information content (AvgIpc) is 2.94. The Bertz CT molecular complexity index is 580. The lowest BCUT2D eigenvalue weighted by Crippen LogP contribution is -2.06. The van der Waals surface area contributed by atoms with Gasteiger partial charge in [-0.1, -0.05) is 15.9 Å². The van der Waals surface area contributed by atoms with Gasteiger partial charge in [0.25, 0.3) is 0 Å². The Labute approximate surface area is 114 Å². The highest BCUT2D eigenvalue weighted by molar-refractivity contribution is 9.10. The largest absolute Gasteiger partial charge is 0.493 e. The van der Waals surface area contributed by atoms with E-state index in [0.29, 0.717) is 6.54 Å². The molecule has 0 amide bonds. The van der Waals surface area contributed by atoms with Crippen molar-refractivity contribution < 1.29 is 4.74 Å². The Morgan fingerprint density at radius 3 is 3.17 bits per heavy atom. The molecule has 0 fully saturated rings. The minimum absolute atomic E-state index is 0.715. The summed E-state index contributed by atoms with van der Waals surface area (Å²) in [6, 6.07) is 4.23. The molecule has 4 nitrogen and oxygen atoms in total. The summed E-state index contributed by atoms with van der Waals surface area (Å²) in [5.74, 6) is 1.89. The number of rotatable bonds is 3. The Morgan fingerprint density at radius 1 is 1.50 bits per heavy atom. The van der Waals surface area contributed by atoms with Crippen LogP contribution in [0.15, 0.2) is 29.0 Å². The van der Waals surface area contributed by atoms with Crippen molar-refractivity contribution >= 4 is 21.9 Å². The third-order valence-corrected chi connectivity index (χ3v) is 3.54. The number of nitrogens with zero attached hydrogens (tertiary/aromatic N) is 2. The van der Waals surface area contributed by atoms with Crippen molar-refractivity contribution in [1.82, 2.24) is 9.55 Å². The normalized spacial score (nSPS) is 13.2. The van der Waals surface area contributed by atoms with E-state index in [1.54, 1.807) is 6.20 Å². The number of hydrogen-bond acceptors (Lipinski definition) is 3. The molecule has 1 aliphatic heterocycles. The van der Waals surface area contributed by atoms with Gasteiger partial charge in [0.2, 0.25) is 5.95 Å². The number of benzene rings is 1. The zero-order chi connectivity index (χ0) is 12.5. The standard InChI is InChI=1S/C13H14BrN3O/c1-17-4-3-15-13(17)16-8-10-7-11(14)6-9-2-5-18-12(9)10/h3-4,6-7H,2,5,8H2,1H3,(H,15,16). The summed E-state index contributed by atoms with van der Waals surface area (Å²) in [4.78, 5) is 4.25. The Kier molecular flexibility index (Phi) is 2.99. The van der Waals surface area contributed by atoms with Crippen molar-refractivity contribution in [2.75, 3.05) is 11.9 Å². The minimum atomic E-state index is 0.715. The maximum atomic E-state index is 5.70. The number of hydrogen-bond donors (Lipinski definition) is 1. The molecule has 3 rings (SSSR count). The van der Waals surface area contributed by atoms with Crippen LogP contribution in [0, 0.1) is 0 Å². The maximum absolute atomic E-state index is 5.70. The van der Waals surface area contributed by atoms with Crippen molar-refractivity contribution in [1.29, 1.82) is 0 Å². The van der Waals surface area contributed by atoms with E-state index in [0.717, 1.165) is 29.2 Å². The highest BCUT2D eigenvalue weighted by atomic mass is 79.9. The molecule has 1 N–H and O–H groups in total. The molecule has 0 saturated carbocycles. The SMILES string of the molecule is Cn1ccnc1NCc1cc(Br)cc2c1OCC2. The van der Waals surface area contributed by atoms with E-state index >= 15 is 0 Å². The van der Waals surface area contributed by atoms with Crippen molar-refractivity contribution in [3.8, 4) is 5.75 Å². The van der Waals surface area contributed by atoms with E-state index < -0.39 is 0 Å². The molecule has 1 aromatic carbocycles. The van der Waals surface area contributed by atoms with Gasteiger partial charge in [-0.3, -0.25) is 0 Å². The third kappa shape index (κ3) is 2.10. The van der Waals surface area contributed by atoms with Gasteiger partial charge in [-0.15, -0.1) is 0 Å². The molecular weight excluding hydrogens is 294 g/mol. The molecule has 2 heterocycles. The second-order valence-corrected chi connectivity index (χ2v) is 5.28. The van der Waals surface area contributed by atoms with Crippen molar-refractivity contribution in [3.05, 3.63) is 40.1 Å². The molecule has 1 aliphatic rings. The van der Waals surface area contributed by atoms with Crippen LogP contribution in [0.3, 0.4) is 0 Å². The number of ether oxygens (including phenoxy) is 1. The molecule has 0 unspecified atom stereocenters. The summed E-state index contributed by atoms with van der Waals surface area (Å²) in [6.07, 6.45) is 4.69. The zero-order valence-electron chi connectivity index (χ0n) is 10.1. The molecule has 5 heteroatoms. The van der Waals surface area contributed by atoms with E-state index in [-0.39, 0.29) is 0 Å². The van der Waals surface area contributed by atoms with Crippen molar-refractivity contribution in [2.24, 2.45) is 7.05 Å². The van der Waals surface area contributed by atoms with Gasteiger partial charge in [0, 0.05) is 42.4 Å². The molecule has 0 saturated heterocycles. The summed E-state index contributed by atoms with van der Waals surface area (Å²) >= 11 is 3.54. The smallest absolute Gasteiger partial charge is 0.202 e. The van der Waals surface area contributed by atoms with Crippen molar-refractivity contribution in [3.63, 3.8) is 0 Å². The molecule has 2 aromatic rings. The van der Waals surface area contributed by atoms with Crippen LogP contribution in [-0.2, 0) is 20.0 Å². The van der Waals surface area contributed by atoms with Gasteiger partial charge >= 0.3 is 0 Å². The van der Waals surface area contributed by atoms with Crippen LogP contribution in [0.5, 0.6) is 5.75 Å². The first-order chi connectivity index (χ1) is 8.74. The Balaban J connectivity index is 1.83. The Hall–Kier alpha value is -1.49. The van der Waals surface area contributed by atoms with E-state index in [4.69, 9.17) is 4.74 Å². The lowest BCUT2D eigenvalue weighted by atomic mass is 10.1. The lowest BCUT2D eigenvalue weighted by molar-refractivity contribution is 0.354. The van der Waals surface area contributed by atoms with Gasteiger partial charge < -0.3 is 14.6 Å². The van der Waals surface area contributed by atoms with Crippen LogP contribution in [-0.4, -0.2) is 16.2 Å². The molecule has 0 bridgehead atoms. The predicted molar refractivity (Wildman–Crippen MR) is 73.9 cm³/mol. The first-order valence-electron chi connectivity index (χ1n) is 5.89. The molecule has 18 heavy (non-hydrogen) atoms. The number of aryl methyl sites for hydroxylation is 1. The highest BCUT2D eigenvalue weighted by Gasteiger charge is 2.17. The lowest BCUT2D eigenvalue weighted by Gasteiger charge is -2.10. The van der Waals surface area contributed by atoms with Crippen LogP contribution in [0.4, 0.5) is 5.95 Å². The number of aromatic nitrogens is 2. The first kappa shape index (κ1) is 11.6. The van der Waals surface area contributed by atoms with Crippen LogP contribution >= 0.6 is 15.9 Å². The van der Waals surface area contributed by atoms with Crippen LogP contribution in [0.25, 0.3) is 0 Å². The third-order valence-electron chi connectivity index (χ3n) is 3.08. The molecular formula is C13H14BrN3O. The molecule has 94 valence electrons. The van der Waals surface area contributed by atoms with Gasteiger partial charge in [0.15, 0.2) is 0 Å². The topological polar surface area (TPSA) is 39.1 Å². The highest BCUT2D eigenvalue weighted by Crippen LogP contribution is 2.33. The number of fused-ring (bicyclic) bond motifs is 1.